The van der Waals surface area contributed by atoms with E-state index >= 15 is 0 Å². The van der Waals surface area contributed by atoms with Gasteiger partial charge in [0.15, 0.2) is 6.10 Å². The number of amides is 3. The normalized spacial score (nSPS) is 14.0. The first kappa shape index (κ1) is 56.4. The number of unbranched alkanes of at least 4 members (excludes halogenated alkanes) is 26. The Bertz CT molecular complexity index is 1230. The summed E-state index contributed by atoms with van der Waals surface area (Å²) in [6, 6.07) is 0. The van der Waals surface area contributed by atoms with E-state index in [-0.39, 0.29) is 56.7 Å². The maximum Gasteiger partial charge on any atom is 0.472 e. The summed E-state index contributed by atoms with van der Waals surface area (Å²) < 4.78 is 33.8. The van der Waals surface area contributed by atoms with E-state index in [1.807, 2.05) is 0 Å². The van der Waals surface area contributed by atoms with Crippen LogP contribution < -0.4 is 5.32 Å². The van der Waals surface area contributed by atoms with Crippen LogP contribution in [0.5, 0.6) is 0 Å². The molecule has 0 saturated carbocycles. The minimum absolute atomic E-state index is 0.0382. The van der Waals surface area contributed by atoms with Crippen LogP contribution in [0.25, 0.3) is 0 Å². The number of hydrogen-bond acceptors (Lipinski definition) is 10. The maximum absolute atomic E-state index is 12.8. The van der Waals surface area contributed by atoms with E-state index in [1.54, 1.807) is 0 Å². The number of carbonyl (C=O) groups is 5. The Kier molecular flexibility index (Phi) is 36.1. The van der Waals surface area contributed by atoms with E-state index in [2.05, 4.69) is 19.2 Å². The first-order valence-corrected chi connectivity index (χ1v) is 25.8. The fourth-order valence-electron chi connectivity index (χ4n) is 7.23. The second-order valence-corrected chi connectivity index (χ2v) is 18.2. The van der Waals surface area contributed by atoms with Crippen LogP contribution in [-0.4, -0.2) is 78.5 Å². The quantitative estimate of drug-likeness (QED) is 0.0258. The molecule has 2 atom stereocenters. The third-order valence-electron chi connectivity index (χ3n) is 11.0. The molecule has 13 nitrogen and oxygen atoms in total. The number of imide groups is 1. The summed E-state index contributed by atoms with van der Waals surface area (Å²) in [5, 5.41) is 2.61. The lowest BCUT2D eigenvalue weighted by atomic mass is 10.0. The molecule has 14 heteroatoms. The lowest BCUT2D eigenvalue weighted by Crippen LogP contribution is -2.31. The number of nitrogens with one attached hydrogen (secondary N) is 1. The van der Waals surface area contributed by atoms with Crippen LogP contribution in [0.2, 0.25) is 0 Å². The average molecular weight is 885 g/mol. The van der Waals surface area contributed by atoms with Gasteiger partial charge in [0.2, 0.25) is 5.91 Å². The molecule has 0 aliphatic carbocycles. The largest absolute Gasteiger partial charge is 0.472 e. The van der Waals surface area contributed by atoms with Gasteiger partial charge in [0, 0.05) is 44.5 Å². The Balaban J connectivity index is 2.37. The molecule has 1 unspecified atom stereocenters. The third-order valence-corrected chi connectivity index (χ3v) is 12.0. The van der Waals surface area contributed by atoms with Gasteiger partial charge in [-0.15, -0.1) is 0 Å². The molecule has 354 valence electrons. The van der Waals surface area contributed by atoms with Crippen molar-refractivity contribution < 1.29 is 52.0 Å². The zero-order chi connectivity index (χ0) is 44.7. The van der Waals surface area contributed by atoms with Gasteiger partial charge in [0.25, 0.3) is 11.8 Å². The Morgan fingerprint density at radius 2 is 0.984 bits per heavy atom. The van der Waals surface area contributed by atoms with Gasteiger partial charge >= 0.3 is 19.8 Å². The van der Waals surface area contributed by atoms with Crippen molar-refractivity contribution in [2.45, 2.75) is 225 Å². The maximum atomic E-state index is 12.8. The molecule has 0 aromatic carbocycles. The summed E-state index contributed by atoms with van der Waals surface area (Å²) in [4.78, 5) is 72.2. The first-order chi connectivity index (χ1) is 29.6. The van der Waals surface area contributed by atoms with E-state index < -0.39 is 32.5 Å². The molecule has 0 saturated heterocycles. The van der Waals surface area contributed by atoms with Crippen molar-refractivity contribution >= 4 is 37.5 Å². The van der Waals surface area contributed by atoms with Crippen molar-refractivity contribution in [3.05, 3.63) is 12.2 Å². The molecule has 1 rings (SSSR count). The summed E-state index contributed by atoms with van der Waals surface area (Å²) in [6.45, 7) is 3.62. The Morgan fingerprint density at radius 1 is 0.574 bits per heavy atom. The number of rotatable bonds is 44. The van der Waals surface area contributed by atoms with Gasteiger partial charge in [-0.25, -0.2) is 4.57 Å². The lowest BCUT2D eigenvalue weighted by Gasteiger charge is -2.20. The third kappa shape index (κ3) is 34.6. The van der Waals surface area contributed by atoms with Crippen molar-refractivity contribution in [1.29, 1.82) is 0 Å². The van der Waals surface area contributed by atoms with E-state index in [0.29, 0.717) is 38.6 Å². The summed E-state index contributed by atoms with van der Waals surface area (Å²) in [6.07, 6.45) is 34.8. The van der Waals surface area contributed by atoms with Crippen LogP contribution in [0.1, 0.15) is 219 Å². The Labute approximate surface area is 369 Å². The molecule has 0 fully saturated rings. The highest BCUT2D eigenvalue weighted by Crippen LogP contribution is 2.43. The number of hydrogen-bond donors (Lipinski definition) is 2. The summed E-state index contributed by atoms with van der Waals surface area (Å²) >= 11 is 0. The summed E-state index contributed by atoms with van der Waals surface area (Å²) in [7, 11) is -4.59. The Morgan fingerprint density at radius 3 is 1.46 bits per heavy atom. The molecular weight excluding hydrogens is 799 g/mol. The van der Waals surface area contributed by atoms with E-state index in [4.69, 9.17) is 18.5 Å². The fraction of sp³-hybridized carbons (Fsp3) is 0.851. The molecule has 2 N–H and O–H groups in total. The molecule has 0 radical (unpaired) electrons. The van der Waals surface area contributed by atoms with Gasteiger partial charge in [0.1, 0.15) is 6.61 Å². The van der Waals surface area contributed by atoms with Crippen LogP contribution >= 0.6 is 7.82 Å². The molecule has 3 amide bonds. The van der Waals surface area contributed by atoms with Crippen molar-refractivity contribution in [3.8, 4) is 0 Å². The van der Waals surface area contributed by atoms with Crippen molar-refractivity contribution in [2.24, 2.45) is 0 Å². The number of ether oxygens (including phenoxy) is 2. The summed E-state index contributed by atoms with van der Waals surface area (Å²) in [5.41, 5.74) is 0. The van der Waals surface area contributed by atoms with E-state index in [9.17, 15) is 33.4 Å². The van der Waals surface area contributed by atoms with Gasteiger partial charge in [-0.3, -0.25) is 37.9 Å². The van der Waals surface area contributed by atoms with Crippen LogP contribution in [0, 0.1) is 0 Å². The lowest BCUT2D eigenvalue weighted by molar-refractivity contribution is -0.161. The smallest absolute Gasteiger partial charge is 0.462 e. The zero-order valence-electron chi connectivity index (χ0n) is 38.3. The molecule has 1 heterocycles. The zero-order valence-corrected chi connectivity index (χ0v) is 39.2. The topological polar surface area (TPSA) is 175 Å². The highest BCUT2D eigenvalue weighted by Gasteiger charge is 2.26. The molecule has 61 heavy (non-hydrogen) atoms. The minimum atomic E-state index is -4.59. The van der Waals surface area contributed by atoms with E-state index in [0.717, 1.165) is 43.4 Å². The van der Waals surface area contributed by atoms with Crippen LogP contribution in [0.15, 0.2) is 12.2 Å². The molecule has 1 aliphatic rings. The van der Waals surface area contributed by atoms with E-state index in [1.165, 1.54) is 128 Å². The predicted molar refractivity (Wildman–Crippen MR) is 241 cm³/mol. The number of phosphoric ester groups is 1. The van der Waals surface area contributed by atoms with Crippen molar-refractivity contribution in [3.63, 3.8) is 0 Å². The van der Waals surface area contributed by atoms with Crippen molar-refractivity contribution in [1.82, 2.24) is 10.2 Å². The molecule has 0 bridgehead atoms. The Hall–Kier alpha value is -2.60. The van der Waals surface area contributed by atoms with Gasteiger partial charge in [-0.1, -0.05) is 174 Å². The molecule has 0 aromatic heterocycles. The van der Waals surface area contributed by atoms with Crippen molar-refractivity contribution in [2.75, 3.05) is 32.9 Å². The summed E-state index contributed by atoms with van der Waals surface area (Å²) in [5.74, 6) is -1.85. The fourth-order valence-corrected chi connectivity index (χ4v) is 7.98. The number of carbonyl (C=O) groups excluding carboxylic acids is 5. The van der Waals surface area contributed by atoms with Crippen LogP contribution in [-0.2, 0) is 47.1 Å². The van der Waals surface area contributed by atoms with Gasteiger partial charge < -0.3 is 19.7 Å². The highest BCUT2D eigenvalue weighted by molar-refractivity contribution is 7.47. The highest BCUT2D eigenvalue weighted by atomic mass is 31.2. The van der Waals surface area contributed by atoms with Gasteiger partial charge in [-0.2, -0.15) is 0 Å². The monoisotopic (exact) mass is 885 g/mol. The second kappa shape index (κ2) is 39.0. The standard InChI is InChI=1S/C47H85N2O11P/c1-3-5-7-9-11-13-15-17-19-21-23-25-29-33-46(53)57-40-42(60-47(54)34-30-26-24-22-20-18-16-14-12-10-8-6-4-2)41-59-61(55,56)58-39-37-48-43(50)32-28-27-31-38-49-44(51)35-36-45(49)52/h35-36,42H,3-34,37-41H2,1-2H3,(H,48,50)(H,55,56)/t42-/m1/s1. The number of nitrogens with zero attached hydrogens (tertiary/aromatic N) is 1. The van der Waals surface area contributed by atoms with Gasteiger partial charge in [0.05, 0.1) is 13.2 Å². The predicted octanol–water partition coefficient (Wildman–Crippen LogP) is 11.1. The van der Waals surface area contributed by atoms with Crippen LogP contribution in [0.4, 0.5) is 0 Å². The second-order valence-electron chi connectivity index (χ2n) is 16.7. The number of esters is 2. The average Bonchev–Trinajstić information content (AvgIpc) is 3.56. The molecule has 0 aromatic rings. The molecular formula is C47H85N2O11P. The SMILES string of the molecule is CCCCCCCCCCCCCCCC(=O)OC[C@H](COP(=O)(O)OCCNC(=O)CCCCCN1C(=O)C=CC1=O)OC(=O)CCCCCCCCCCCCCCC. The minimum Gasteiger partial charge on any atom is -0.462 e. The number of phosphoric acid groups is 1. The molecule has 1 aliphatic heterocycles. The van der Waals surface area contributed by atoms with Crippen LogP contribution in [0.3, 0.4) is 0 Å². The first-order valence-electron chi connectivity index (χ1n) is 24.3. The molecule has 0 spiro atoms. The van der Waals surface area contributed by atoms with Gasteiger partial charge in [-0.05, 0) is 25.7 Å².